The molecule has 6 heteroatoms. The third-order valence-electron chi connectivity index (χ3n) is 5.25. The fourth-order valence-electron chi connectivity index (χ4n) is 3.69. The Bertz CT molecular complexity index is 489. The molecule has 1 unspecified atom stereocenters. The predicted octanol–water partition coefficient (Wildman–Crippen LogP) is 0.814. The van der Waals surface area contributed by atoms with Crippen LogP contribution in [0.4, 0.5) is 0 Å². The number of carboxylic acid groups (broad SMARTS) is 1. The van der Waals surface area contributed by atoms with Crippen molar-refractivity contribution in [1.29, 1.82) is 0 Å². The minimum atomic E-state index is -0.822. The van der Waals surface area contributed by atoms with Crippen LogP contribution in [0, 0.1) is 23.7 Å². The summed E-state index contributed by atoms with van der Waals surface area (Å²) in [6.07, 6.45) is 3.63. The highest BCUT2D eigenvalue weighted by molar-refractivity contribution is 5.84. The molecular weight excluding hydrogens is 284 g/mol. The number of nitrogens with zero attached hydrogens (tertiary/aromatic N) is 2. The van der Waals surface area contributed by atoms with Crippen LogP contribution in [0.2, 0.25) is 0 Å². The molecule has 0 aromatic carbocycles. The molecule has 122 valence electrons. The molecule has 0 radical (unpaired) electrons. The molecule has 0 aromatic rings. The van der Waals surface area contributed by atoms with Gasteiger partial charge in [0.25, 0.3) is 0 Å². The molecule has 3 atom stereocenters. The molecule has 3 aliphatic rings. The molecule has 2 aliphatic heterocycles. The van der Waals surface area contributed by atoms with E-state index >= 15 is 0 Å². The van der Waals surface area contributed by atoms with E-state index in [9.17, 15) is 19.5 Å². The zero-order valence-corrected chi connectivity index (χ0v) is 13.0. The largest absolute Gasteiger partial charge is 0.481 e. The van der Waals surface area contributed by atoms with Gasteiger partial charge < -0.3 is 14.9 Å². The van der Waals surface area contributed by atoms with E-state index in [1.807, 2.05) is 11.8 Å². The summed E-state index contributed by atoms with van der Waals surface area (Å²) in [6, 6.07) is 0. The number of hydrogen-bond acceptors (Lipinski definition) is 3. The second kappa shape index (κ2) is 5.89. The van der Waals surface area contributed by atoms with Crippen LogP contribution >= 0.6 is 0 Å². The number of likely N-dealkylation sites (tertiary alicyclic amines) is 2. The average Bonchev–Trinajstić information content (AvgIpc) is 3.28. The SMILES string of the molecule is C[C@@H]1CN(C(=O)C2CCCN(C(=O)C3CC3)C2)C[C@H]1C(=O)O. The lowest BCUT2D eigenvalue weighted by Crippen LogP contribution is -2.46. The third kappa shape index (κ3) is 2.96. The summed E-state index contributed by atoms with van der Waals surface area (Å²) in [6.45, 7) is 3.98. The minimum absolute atomic E-state index is 0.00533. The molecule has 0 aromatic heterocycles. The Morgan fingerprint density at radius 3 is 2.18 bits per heavy atom. The summed E-state index contributed by atoms with van der Waals surface area (Å²) in [5.41, 5.74) is 0. The second-order valence-electron chi connectivity index (χ2n) is 7.06. The standard InChI is InChI=1S/C16H24N2O4/c1-10-7-18(9-13(10)16(21)22)15(20)12-3-2-6-17(8-12)14(19)11-4-5-11/h10-13H,2-9H2,1H3,(H,21,22)/t10-,12?,13-/m1/s1. The van der Waals surface area contributed by atoms with Crippen LogP contribution in [0.5, 0.6) is 0 Å². The van der Waals surface area contributed by atoms with E-state index in [0.29, 0.717) is 19.6 Å². The van der Waals surface area contributed by atoms with E-state index in [1.165, 1.54) is 0 Å². The first kappa shape index (κ1) is 15.3. The lowest BCUT2D eigenvalue weighted by Gasteiger charge is -2.34. The van der Waals surface area contributed by atoms with Gasteiger partial charge in [0.15, 0.2) is 0 Å². The first-order valence-corrected chi connectivity index (χ1v) is 8.27. The van der Waals surface area contributed by atoms with Gasteiger partial charge in [-0.15, -0.1) is 0 Å². The fraction of sp³-hybridized carbons (Fsp3) is 0.812. The molecule has 3 rings (SSSR count). The maximum Gasteiger partial charge on any atom is 0.308 e. The summed E-state index contributed by atoms with van der Waals surface area (Å²) in [5, 5.41) is 9.19. The summed E-state index contributed by atoms with van der Waals surface area (Å²) >= 11 is 0. The molecule has 2 heterocycles. The van der Waals surface area contributed by atoms with Crippen molar-refractivity contribution in [2.75, 3.05) is 26.2 Å². The summed E-state index contributed by atoms with van der Waals surface area (Å²) in [4.78, 5) is 39.6. The van der Waals surface area contributed by atoms with Gasteiger partial charge in [-0.3, -0.25) is 14.4 Å². The molecular formula is C16H24N2O4. The summed E-state index contributed by atoms with van der Waals surface area (Å²) in [7, 11) is 0. The van der Waals surface area contributed by atoms with Crippen molar-refractivity contribution >= 4 is 17.8 Å². The molecule has 1 N–H and O–H groups in total. The van der Waals surface area contributed by atoms with E-state index in [2.05, 4.69) is 0 Å². The Morgan fingerprint density at radius 2 is 1.59 bits per heavy atom. The van der Waals surface area contributed by atoms with Crippen LogP contribution in [-0.2, 0) is 14.4 Å². The maximum absolute atomic E-state index is 12.7. The summed E-state index contributed by atoms with van der Waals surface area (Å²) in [5.74, 6) is -1.02. The van der Waals surface area contributed by atoms with Crippen LogP contribution in [0.1, 0.15) is 32.6 Å². The van der Waals surface area contributed by atoms with E-state index < -0.39 is 11.9 Å². The van der Waals surface area contributed by atoms with E-state index in [1.54, 1.807) is 4.90 Å². The molecule has 6 nitrogen and oxygen atoms in total. The second-order valence-corrected chi connectivity index (χ2v) is 7.06. The normalized spacial score (nSPS) is 32.1. The monoisotopic (exact) mass is 308 g/mol. The van der Waals surface area contributed by atoms with Gasteiger partial charge >= 0.3 is 5.97 Å². The number of hydrogen-bond donors (Lipinski definition) is 1. The van der Waals surface area contributed by atoms with Crippen LogP contribution in [0.3, 0.4) is 0 Å². The van der Waals surface area contributed by atoms with Gasteiger partial charge in [0.1, 0.15) is 0 Å². The molecule has 22 heavy (non-hydrogen) atoms. The Labute approximate surface area is 130 Å². The van der Waals surface area contributed by atoms with Crippen molar-refractivity contribution < 1.29 is 19.5 Å². The number of carboxylic acids is 1. The van der Waals surface area contributed by atoms with Crippen molar-refractivity contribution in [1.82, 2.24) is 9.80 Å². The molecule has 2 amide bonds. The number of amides is 2. The number of piperidine rings is 1. The van der Waals surface area contributed by atoms with Gasteiger partial charge in [-0.05, 0) is 31.6 Å². The van der Waals surface area contributed by atoms with Gasteiger partial charge in [0.2, 0.25) is 11.8 Å². The molecule has 0 spiro atoms. The van der Waals surface area contributed by atoms with Gasteiger partial charge in [-0.25, -0.2) is 0 Å². The van der Waals surface area contributed by atoms with Gasteiger partial charge in [-0.2, -0.15) is 0 Å². The molecule has 1 aliphatic carbocycles. The van der Waals surface area contributed by atoms with Crippen molar-refractivity contribution in [2.45, 2.75) is 32.6 Å². The highest BCUT2D eigenvalue weighted by Crippen LogP contribution is 2.33. The average molecular weight is 308 g/mol. The Morgan fingerprint density at radius 1 is 0.909 bits per heavy atom. The van der Waals surface area contributed by atoms with Crippen molar-refractivity contribution in [3.05, 3.63) is 0 Å². The van der Waals surface area contributed by atoms with Crippen molar-refractivity contribution in [3.8, 4) is 0 Å². The van der Waals surface area contributed by atoms with E-state index in [-0.39, 0.29) is 29.6 Å². The van der Waals surface area contributed by atoms with Gasteiger partial charge in [-0.1, -0.05) is 6.92 Å². The predicted molar refractivity (Wildman–Crippen MR) is 78.9 cm³/mol. The van der Waals surface area contributed by atoms with Gasteiger partial charge in [0.05, 0.1) is 11.8 Å². The maximum atomic E-state index is 12.7. The lowest BCUT2D eigenvalue weighted by atomic mass is 9.96. The first-order chi connectivity index (χ1) is 10.5. The van der Waals surface area contributed by atoms with Crippen LogP contribution < -0.4 is 0 Å². The zero-order valence-electron chi connectivity index (χ0n) is 13.0. The number of rotatable bonds is 3. The third-order valence-corrected chi connectivity index (χ3v) is 5.25. The van der Waals surface area contributed by atoms with E-state index in [4.69, 9.17) is 0 Å². The Kier molecular flexibility index (Phi) is 4.10. The quantitative estimate of drug-likeness (QED) is 0.837. The smallest absolute Gasteiger partial charge is 0.308 e. The van der Waals surface area contributed by atoms with E-state index in [0.717, 1.165) is 32.2 Å². The number of aliphatic carboxylic acids is 1. The first-order valence-electron chi connectivity index (χ1n) is 8.27. The highest BCUT2D eigenvalue weighted by Gasteiger charge is 2.41. The van der Waals surface area contributed by atoms with Gasteiger partial charge in [0, 0.05) is 32.1 Å². The zero-order chi connectivity index (χ0) is 15.9. The Balaban J connectivity index is 1.60. The van der Waals surface area contributed by atoms with Crippen molar-refractivity contribution in [2.24, 2.45) is 23.7 Å². The lowest BCUT2D eigenvalue weighted by molar-refractivity contribution is -0.142. The number of carbonyl (C=O) groups is 3. The van der Waals surface area contributed by atoms with Crippen LogP contribution in [0.25, 0.3) is 0 Å². The Hall–Kier alpha value is -1.59. The number of carbonyl (C=O) groups excluding carboxylic acids is 2. The minimum Gasteiger partial charge on any atom is -0.481 e. The topological polar surface area (TPSA) is 77.9 Å². The molecule has 1 saturated carbocycles. The summed E-state index contributed by atoms with van der Waals surface area (Å²) < 4.78 is 0. The fourth-order valence-corrected chi connectivity index (χ4v) is 3.69. The molecule has 3 fully saturated rings. The van der Waals surface area contributed by atoms with Crippen LogP contribution in [0.15, 0.2) is 0 Å². The molecule has 2 saturated heterocycles. The van der Waals surface area contributed by atoms with Crippen molar-refractivity contribution in [3.63, 3.8) is 0 Å². The highest BCUT2D eigenvalue weighted by atomic mass is 16.4. The molecule has 0 bridgehead atoms. The van der Waals surface area contributed by atoms with Crippen LogP contribution in [-0.4, -0.2) is 58.9 Å².